The maximum atomic E-state index is 13.0. The molecule has 8 heteroatoms. The molecular formula is C29H31ClN2O4S. The number of sulfonamides is 1. The molecule has 2 atom stereocenters. The Balaban J connectivity index is 1.46. The summed E-state index contributed by atoms with van der Waals surface area (Å²) < 4.78 is 28.8. The minimum Gasteiger partial charge on any atom is -0.481 e. The molecule has 0 aliphatic carbocycles. The number of hydrogen-bond acceptors (Lipinski definition) is 4. The van der Waals surface area contributed by atoms with Gasteiger partial charge in [-0.05, 0) is 60.2 Å². The number of unbranched alkanes of at least 4 members (excludes halogenated alkanes) is 1. The molecule has 0 spiro atoms. The Morgan fingerprint density at radius 3 is 2.35 bits per heavy atom. The van der Waals surface area contributed by atoms with Crippen LogP contribution < -0.4 is 4.72 Å². The summed E-state index contributed by atoms with van der Waals surface area (Å²) in [5.74, 6) is -0.800. The highest BCUT2D eigenvalue weighted by atomic mass is 35.5. The van der Waals surface area contributed by atoms with E-state index in [1.165, 1.54) is 12.1 Å². The third kappa shape index (κ3) is 7.76. The monoisotopic (exact) mass is 538 g/mol. The van der Waals surface area contributed by atoms with E-state index in [-0.39, 0.29) is 23.4 Å². The van der Waals surface area contributed by atoms with Crippen molar-refractivity contribution in [1.82, 2.24) is 9.62 Å². The van der Waals surface area contributed by atoms with Gasteiger partial charge in [0.2, 0.25) is 10.0 Å². The number of nitrogens with one attached hydrogen (secondary N) is 1. The first-order valence-corrected chi connectivity index (χ1v) is 14.2. The molecule has 1 fully saturated rings. The first-order chi connectivity index (χ1) is 17.8. The van der Waals surface area contributed by atoms with Crippen LogP contribution in [-0.2, 0) is 21.4 Å². The van der Waals surface area contributed by atoms with Crippen LogP contribution in [0.15, 0.2) is 95.9 Å². The number of likely N-dealkylation sites (tertiary alicyclic amines) is 1. The Labute approximate surface area is 223 Å². The van der Waals surface area contributed by atoms with Gasteiger partial charge in [-0.3, -0.25) is 9.69 Å². The van der Waals surface area contributed by atoms with E-state index in [4.69, 9.17) is 16.7 Å². The van der Waals surface area contributed by atoms with Crippen molar-refractivity contribution in [3.8, 4) is 11.1 Å². The number of hydrogen-bond donors (Lipinski definition) is 2. The number of carboxylic acids is 1. The summed E-state index contributed by atoms with van der Waals surface area (Å²) in [6, 6.07) is 24.6. The Hall–Kier alpha value is -2.97. The van der Waals surface area contributed by atoms with Gasteiger partial charge in [0, 0.05) is 36.6 Å². The fourth-order valence-electron chi connectivity index (χ4n) is 4.59. The lowest BCUT2D eigenvalue weighted by Crippen LogP contribution is -2.37. The zero-order valence-electron chi connectivity index (χ0n) is 20.5. The van der Waals surface area contributed by atoms with Crippen molar-refractivity contribution in [3.63, 3.8) is 0 Å². The second-order valence-corrected chi connectivity index (χ2v) is 11.4. The lowest BCUT2D eigenvalue weighted by molar-refractivity contribution is -0.137. The number of nitrogens with zero attached hydrogens (tertiary/aromatic N) is 1. The van der Waals surface area contributed by atoms with E-state index >= 15 is 0 Å². The third-order valence-electron chi connectivity index (χ3n) is 6.46. The summed E-state index contributed by atoms with van der Waals surface area (Å²) in [5.41, 5.74) is 3.45. The number of aliphatic carboxylic acids is 1. The van der Waals surface area contributed by atoms with E-state index in [1.54, 1.807) is 12.1 Å². The van der Waals surface area contributed by atoms with Gasteiger partial charge in [-0.1, -0.05) is 78.4 Å². The average Bonchev–Trinajstić information content (AvgIpc) is 3.24. The van der Waals surface area contributed by atoms with Crippen molar-refractivity contribution in [2.75, 3.05) is 6.54 Å². The number of benzene rings is 3. The minimum atomic E-state index is -3.68. The van der Waals surface area contributed by atoms with Crippen LogP contribution in [0.5, 0.6) is 0 Å². The second-order valence-electron chi connectivity index (χ2n) is 9.28. The number of rotatable bonds is 11. The average molecular weight is 539 g/mol. The number of halogens is 1. The van der Waals surface area contributed by atoms with Gasteiger partial charge in [-0.15, -0.1) is 0 Å². The Bertz CT molecular complexity index is 1310. The quantitative estimate of drug-likeness (QED) is 0.240. The van der Waals surface area contributed by atoms with Crippen LogP contribution in [0.2, 0.25) is 5.02 Å². The lowest BCUT2D eigenvalue weighted by atomic mass is 10.0. The van der Waals surface area contributed by atoms with Gasteiger partial charge >= 0.3 is 5.97 Å². The Morgan fingerprint density at radius 1 is 1.00 bits per heavy atom. The fraction of sp³-hybridized carbons (Fsp3) is 0.276. The first kappa shape index (κ1) is 27.1. The van der Waals surface area contributed by atoms with Crippen LogP contribution in [0.1, 0.15) is 31.2 Å². The Kier molecular flexibility index (Phi) is 9.16. The molecule has 1 aliphatic rings. The van der Waals surface area contributed by atoms with E-state index < -0.39 is 16.0 Å². The molecule has 1 aliphatic heterocycles. The molecule has 6 nitrogen and oxygen atoms in total. The molecule has 2 N–H and O–H groups in total. The molecule has 3 aromatic carbocycles. The van der Waals surface area contributed by atoms with Gasteiger partial charge in [-0.25, -0.2) is 13.1 Å². The van der Waals surface area contributed by atoms with E-state index in [1.807, 2.05) is 24.3 Å². The molecule has 1 saturated heterocycles. The van der Waals surface area contributed by atoms with Crippen molar-refractivity contribution < 1.29 is 18.3 Å². The van der Waals surface area contributed by atoms with Gasteiger partial charge in [0.1, 0.15) is 0 Å². The first-order valence-electron chi connectivity index (χ1n) is 12.3. The van der Waals surface area contributed by atoms with Crippen LogP contribution in [0, 0.1) is 0 Å². The van der Waals surface area contributed by atoms with E-state index in [9.17, 15) is 13.2 Å². The van der Waals surface area contributed by atoms with Crippen LogP contribution in [-0.4, -0.2) is 43.0 Å². The van der Waals surface area contributed by atoms with E-state index in [0.29, 0.717) is 37.4 Å². The van der Waals surface area contributed by atoms with Gasteiger partial charge in [0.25, 0.3) is 0 Å². The molecule has 4 rings (SSSR count). The maximum Gasteiger partial charge on any atom is 0.303 e. The molecule has 0 amide bonds. The highest BCUT2D eigenvalue weighted by Crippen LogP contribution is 2.26. The van der Waals surface area contributed by atoms with Crippen molar-refractivity contribution in [3.05, 3.63) is 102 Å². The van der Waals surface area contributed by atoms with E-state index in [2.05, 4.69) is 52.1 Å². The molecule has 194 valence electrons. The third-order valence-corrected chi connectivity index (χ3v) is 8.25. The summed E-state index contributed by atoms with van der Waals surface area (Å²) in [6.07, 6.45) is 6.10. The summed E-state index contributed by atoms with van der Waals surface area (Å²) >= 11 is 5.92. The normalized spacial score (nSPS) is 18.4. The summed E-state index contributed by atoms with van der Waals surface area (Å²) in [7, 11) is -3.68. The molecule has 0 unspecified atom stereocenters. The topological polar surface area (TPSA) is 86.7 Å². The fourth-order valence-corrected chi connectivity index (χ4v) is 5.96. The number of carboxylic acid groups (broad SMARTS) is 1. The van der Waals surface area contributed by atoms with E-state index in [0.717, 1.165) is 16.7 Å². The number of carbonyl (C=O) groups is 1. The molecule has 0 aromatic heterocycles. The molecule has 0 saturated carbocycles. The molecule has 1 heterocycles. The minimum absolute atomic E-state index is 0.0385. The standard InChI is InChI=1S/C29H31ClN2O4S/c30-25-15-17-28(18-16-25)37(35,36)31-26-19-27(9-5-2-6-10-29(33)34)32(21-26)20-22-11-13-24(14-12-22)23-7-3-1-4-8-23/h1,3-5,7-9,11-18,26-27,31H,2,6,10,19-21H2,(H,33,34)/t26-,27-/m1/s1. The zero-order chi connectivity index (χ0) is 26.3. The highest BCUT2D eigenvalue weighted by Gasteiger charge is 2.33. The van der Waals surface area contributed by atoms with Gasteiger partial charge < -0.3 is 5.11 Å². The summed E-state index contributed by atoms with van der Waals surface area (Å²) in [4.78, 5) is 13.2. The van der Waals surface area contributed by atoms with Crippen LogP contribution in [0.4, 0.5) is 0 Å². The van der Waals surface area contributed by atoms with Crippen LogP contribution in [0.25, 0.3) is 11.1 Å². The van der Waals surface area contributed by atoms with Crippen LogP contribution in [0.3, 0.4) is 0 Å². The van der Waals surface area contributed by atoms with Crippen LogP contribution >= 0.6 is 11.6 Å². The van der Waals surface area contributed by atoms with Crippen molar-refractivity contribution in [2.24, 2.45) is 0 Å². The maximum absolute atomic E-state index is 13.0. The SMILES string of the molecule is O=C(O)CCCC=C[C@@H]1C[C@@H](NS(=O)(=O)c2ccc(Cl)cc2)CN1Cc1ccc(-c2ccccc2)cc1. The predicted octanol–water partition coefficient (Wildman–Crippen LogP) is 5.74. The predicted molar refractivity (Wildman–Crippen MR) is 147 cm³/mol. The molecule has 3 aromatic rings. The second kappa shape index (κ2) is 12.5. The molecule has 37 heavy (non-hydrogen) atoms. The lowest BCUT2D eigenvalue weighted by Gasteiger charge is -2.22. The van der Waals surface area contributed by atoms with Crippen molar-refractivity contribution >= 4 is 27.6 Å². The van der Waals surface area contributed by atoms with Gasteiger partial charge in [0.15, 0.2) is 0 Å². The largest absolute Gasteiger partial charge is 0.481 e. The summed E-state index contributed by atoms with van der Waals surface area (Å²) in [6.45, 7) is 1.25. The zero-order valence-corrected chi connectivity index (χ0v) is 22.0. The van der Waals surface area contributed by atoms with Gasteiger partial charge in [0.05, 0.1) is 4.90 Å². The smallest absolute Gasteiger partial charge is 0.303 e. The Morgan fingerprint density at radius 2 is 1.68 bits per heavy atom. The molecule has 0 bridgehead atoms. The number of allylic oxidation sites excluding steroid dienone is 1. The van der Waals surface area contributed by atoms with Crippen molar-refractivity contribution in [2.45, 2.75) is 49.2 Å². The highest BCUT2D eigenvalue weighted by molar-refractivity contribution is 7.89. The summed E-state index contributed by atoms with van der Waals surface area (Å²) in [5, 5.41) is 9.35. The molecular weight excluding hydrogens is 508 g/mol. The molecule has 0 radical (unpaired) electrons. The van der Waals surface area contributed by atoms with Crippen molar-refractivity contribution in [1.29, 1.82) is 0 Å². The van der Waals surface area contributed by atoms with Gasteiger partial charge in [-0.2, -0.15) is 0 Å².